The number of ether oxygens (including phenoxy) is 1. The maximum atomic E-state index is 13.0. The van der Waals surface area contributed by atoms with E-state index in [-0.39, 0.29) is 10.8 Å². The summed E-state index contributed by atoms with van der Waals surface area (Å²) in [5.41, 5.74) is 0.846. The fourth-order valence-electron chi connectivity index (χ4n) is 3.46. The highest BCUT2D eigenvalue weighted by Gasteiger charge is 2.30. The molecule has 152 valence electrons. The van der Waals surface area contributed by atoms with E-state index in [0.717, 1.165) is 18.4 Å². The van der Waals surface area contributed by atoms with Gasteiger partial charge in [0.1, 0.15) is 5.75 Å². The standard InChI is InChI=1S/C19H22N6O3S/c1-28-17-4-6-18(7-5-17)29(26,27)24-12-2-3-15(13-24)14-25-22-19(21-23-25)16-8-10-20-11-9-16/h4-11,15H,2-3,12-14H2,1H3/t15-/m1/s1. The predicted molar refractivity (Wildman–Crippen MR) is 106 cm³/mol. The molecule has 3 aromatic rings. The summed E-state index contributed by atoms with van der Waals surface area (Å²) in [6.45, 7) is 1.46. The van der Waals surface area contributed by atoms with Gasteiger partial charge in [-0.25, -0.2) is 8.42 Å². The molecule has 2 aromatic heterocycles. The van der Waals surface area contributed by atoms with Crippen LogP contribution in [0.3, 0.4) is 0 Å². The zero-order chi connectivity index (χ0) is 20.3. The van der Waals surface area contributed by atoms with E-state index in [1.54, 1.807) is 52.9 Å². The van der Waals surface area contributed by atoms with Crippen LogP contribution in [0.15, 0.2) is 53.7 Å². The van der Waals surface area contributed by atoms with E-state index in [1.807, 2.05) is 12.1 Å². The molecule has 0 spiro atoms. The zero-order valence-electron chi connectivity index (χ0n) is 16.0. The minimum atomic E-state index is -3.54. The summed E-state index contributed by atoms with van der Waals surface area (Å²) in [4.78, 5) is 5.81. The van der Waals surface area contributed by atoms with Crippen LogP contribution in [0.2, 0.25) is 0 Å². The number of piperidine rings is 1. The minimum Gasteiger partial charge on any atom is -0.497 e. The molecule has 1 atom stereocenters. The number of aromatic nitrogens is 5. The maximum Gasteiger partial charge on any atom is 0.243 e. The van der Waals surface area contributed by atoms with Crippen molar-refractivity contribution >= 4 is 10.0 Å². The summed E-state index contributed by atoms with van der Waals surface area (Å²) in [6.07, 6.45) is 5.07. The molecule has 0 radical (unpaired) electrons. The molecule has 0 aliphatic carbocycles. The molecule has 0 N–H and O–H groups in total. The monoisotopic (exact) mass is 414 g/mol. The van der Waals surface area contributed by atoms with Gasteiger partial charge in [-0.15, -0.1) is 10.2 Å². The molecule has 9 nitrogen and oxygen atoms in total. The lowest BCUT2D eigenvalue weighted by molar-refractivity contribution is 0.231. The molecule has 4 rings (SSSR count). The number of hydrogen-bond acceptors (Lipinski definition) is 7. The van der Waals surface area contributed by atoms with Crippen LogP contribution in [-0.4, -0.2) is 58.1 Å². The molecular weight excluding hydrogens is 392 g/mol. The van der Waals surface area contributed by atoms with Crippen molar-refractivity contribution in [3.8, 4) is 17.1 Å². The summed E-state index contributed by atoms with van der Waals surface area (Å²) < 4.78 is 32.7. The molecular formula is C19H22N6O3S. The largest absolute Gasteiger partial charge is 0.497 e. The summed E-state index contributed by atoms with van der Waals surface area (Å²) in [7, 11) is -1.99. The van der Waals surface area contributed by atoms with Gasteiger partial charge in [-0.2, -0.15) is 9.10 Å². The van der Waals surface area contributed by atoms with Crippen molar-refractivity contribution in [1.29, 1.82) is 0 Å². The first kappa shape index (κ1) is 19.5. The molecule has 0 amide bonds. The van der Waals surface area contributed by atoms with Crippen LogP contribution in [0, 0.1) is 5.92 Å². The van der Waals surface area contributed by atoms with Gasteiger partial charge >= 0.3 is 0 Å². The molecule has 1 fully saturated rings. The number of nitrogens with zero attached hydrogens (tertiary/aromatic N) is 6. The van der Waals surface area contributed by atoms with Crippen molar-refractivity contribution in [2.75, 3.05) is 20.2 Å². The van der Waals surface area contributed by atoms with Crippen LogP contribution in [0.5, 0.6) is 5.75 Å². The first-order valence-corrected chi connectivity index (χ1v) is 10.8. The fourth-order valence-corrected chi connectivity index (χ4v) is 5.01. The van der Waals surface area contributed by atoms with Crippen molar-refractivity contribution in [1.82, 2.24) is 29.5 Å². The van der Waals surface area contributed by atoms with Gasteiger partial charge in [-0.1, -0.05) is 0 Å². The predicted octanol–water partition coefficient (Wildman–Crippen LogP) is 1.84. The van der Waals surface area contributed by atoms with Crippen LogP contribution >= 0.6 is 0 Å². The Labute approximate surface area is 169 Å². The molecule has 0 unspecified atom stereocenters. The van der Waals surface area contributed by atoms with E-state index in [4.69, 9.17) is 4.74 Å². The second-order valence-corrected chi connectivity index (χ2v) is 8.89. The average Bonchev–Trinajstić information content (AvgIpc) is 3.23. The van der Waals surface area contributed by atoms with Crippen molar-refractivity contribution in [2.45, 2.75) is 24.3 Å². The third-order valence-electron chi connectivity index (χ3n) is 4.99. The lowest BCUT2D eigenvalue weighted by Crippen LogP contribution is -2.41. The minimum absolute atomic E-state index is 0.122. The van der Waals surface area contributed by atoms with E-state index in [1.165, 1.54) is 0 Å². The van der Waals surface area contributed by atoms with Gasteiger partial charge in [-0.3, -0.25) is 4.98 Å². The van der Waals surface area contributed by atoms with Gasteiger partial charge in [0.15, 0.2) is 0 Å². The molecule has 3 heterocycles. The lowest BCUT2D eigenvalue weighted by Gasteiger charge is -2.31. The molecule has 1 aliphatic heterocycles. The lowest BCUT2D eigenvalue weighted by atomic mass is 10.00. The second-order valence-electron chi connectivity index (χ2n) is 6.95. The molecule has 0 saturated carbocycles. The highest BCUT2D eigenvalue weighted by atomic mass is 32.2. The van der Waals surface area contributed by atoms with Crippen LogP contribution in [0.1, 0.15) is 12.8 Å². The Morgan fingerprint density at radius 1 is 1.14 bits per heavy atom. The van der Waals surface area contributed by atoms with Gasteiger partial charge in [0.2, 0.25) is 15.8 Å². The molecule has 29 heavy (non-hydrogen) atoms. The number of hydrogen-bond donors (Lipinski definition) is 0. The number of benzene rings is 1. The third kappa shape index (κ3) is 4.28. The van der Waals surface area contributed by atoms with E-state index in [0.29, 0.717) is 31.2 Å². The average molecular weight is 414 g/mol. The number of rotatable bonds is 6. The Hall–Kier alpha value is -2.85. The molecule has 1 aliphatic rings. The van der Waals surface area contributed by atoms with Crippen LogP contribution in [-0.2, 0) is 16.6 Å². The number of tetrazole rings is 1. The normalized spacial score (nSPS) is 17.9. The van der Waals surface area contributed by atoms with Gasteiger partial charge in [0.05, 0.1) is 18.6 Å². The molecule has 1 saturated heterocycles. The molecule has 0 bridgehead atoms. The quantitative estimate of drug-likeness (QED) is 0.606. The summed E-state index contributed by atoms with van der Waals surface area (Å²) in [6, 6.07) is 10.1. The molecule has 1 aromatic carbocycles. The number of pyridine rings is 1. The SMILES string of the molecule is COc1ccc(S(=O)(=O)N2CCC[C@@H](Cn3nnc(-c4ccncc4)n3)C2)cc1. The van der Waals surface area contributed by atoms with Crippen molar-refractivity contribution in [2.24, 2.45) is 5.92 Å². The first-order valence-electron chi connectivity index (χ1n) is 9.38. The maximum absolute atomic E-state index is 13.0. The topological polar surface area (TPSA) is 103 Å². The Balaban J connectivity index is 1.45. The van der Waals surface area contributed by atoms with Gasteiger partial charge in [0, 0.05) is 31.0 Å². The molecule has 10 heteroatoms. The Bertz CT molecular complexity index is 1050. The first-order chi connectivity index (χ1) is 14.1. The fraction of sp³-hybridized carbons (Fsp3) is 0.368. The van der Waals surface area contributed by atoms with Gasteiger partial charge < -0.3 is 4.74 Å². The third-order valence-corrected chi connectivity index (χ3v) is 6.87. The second kappa shape index (κ2) is 8.26. The highest BCUT2D eigenvalue weighted by Crippen LogP contribution is 2.26. The number of methoxy groups -OCH3 is 1. The highest BCUT2D eigenvalue weighted by molar-refractivity contribution is 7.89. The van der Waals surface area contributed by atoms with E-state index in [2.05, 4.69) is 20.4 Å². The van der Waals surface area contributed by atoms with Crippen molar-refractivity contribution in [3.63, 3.8) is 0 Å². The Kier molecular flexibility index (Phi) is 5.54. The zero-order valence-corrected chi connectivity index (χ0v) is 16.9. The van der Waals surface area contributed by atoms with E-state index in [9.17, 15) is 8.42 Å². The van der Waals surface area contributed by atoms with Crippen LogP contribution in [0.4, 0.5) is 0 Å². The Morgan fingerprint density at radius 2 is 1.90 bits per heavy atom. The summed E-state index contributed by atoms with van der Waals surface area (Å²) >= 11 is 0. The smallest absolute Gasteiger partial charge is 0.243 e. The van der Waals surface area contributed by atoms with E-state index >= 15 is 0 Å². The van der Waals surface area contributed by atoms with Gasteiger partial charge in [-0.05, 0) is 60.4 Å². The van der Waals surface area contributed by atoms with Crippen molar-refractivity contribution in [3.05, 3.63) is 48.8 Å². The van der Waals surface area contributed by atoms with Gasteiger partial charge in [0.25, 0.3) is 0 Å². The summed E-state index contributed by atoms with van der Waals surface area (Å²) in [5.74, 6) is 1.28. The number of sulfonamides is 1. The van der Waals surface area contributed by atoms with Crippen LogP contribution in [0.25, 0.3) is 11.4 Å². The van der Waals surface area contributed by atoms with E-state index < -0.39 is 10.0 Å². The van der Waals surface area contributed by atoms with Crippen LogP contribution < -0.4 is 4.74 Å². The Morgan fingerprint density at radius 3 is 2.62 bits per heavy atom. The summed E-state index contributed by atoms with van der Waals surface area (Å²) in [5, 5.41) is 12.6. The van der Waals surface area contributed by atoms with Crippen molar-refractivity contribution < 1.29 is 13.2 Å².